The number of nitrogens with one attached hydrogen (secondary N) is 2. The Labute approximate surface area is 267 Å². The summed E-state index contributed by atoms with van der Waals surface area (Å²) in [6.07, 6.45) is 5.23. The number of carbonyl (C=O) groups is 1. The fourth-order valence-corrected chi connectivity index (χ4v) is 6.48. The summed E-state index contributed by atoms with van der Waals surface area (Å²) in [6.45, 7) is 10.1. The van der Waals surface area contributed by atoms with Crippen LogP contribution < -0.4 is 25.3 Å². The van der Waals surface area contributed by atoms with Gasteiger partial charge in [-0.05, 0) is 49.7 Å². The second kappa shape index (κ2) is 14.0. The van der Waals surface area contributed by atoms with Crippen molar-refractivity contribution in [3.63, 3.8) is 0 Å². The van der Waals surface area contributed by atoms with Crippen molar-refractivity contribution < 1.29 is 23.1 Å². The molecule has 6 rings (SSSR count). The molecule has 0 radical (unpaired) electrons. The lowest BCUT2D eigenvalue weighted by atomic mass is 10.0. The molecule has 3 aliphatic heterocycles. The summed E-state index contributed by atoms with van der Waals surface area (Å²) in [6, 6.07) is 9.01. The molecule has 0 aliphatic carbocycles. The van der Waals surface area contributed by atoms with Gasteiger partial charge >= 0.3 is 0 Å². The minimum Gasteiger partial charge on any atom is -0.494 e. The number of hydroxylamine groups is 1. The molecular formula is C33H40F2N8O3. The Balaban J connectivity index is 1.23. The van der Waals surface area contributed by atoms with Crippen LogP contribution in [0, 0.1) is 11.6 Å². The molecule has 3 aliphatic rings. The van der Waals surface area contributed by atoms with Crippen molar-refractivity contribution in [2.45, 2.75) is 31.3 Å². The van der Waals surface area contributed by atoms with Gasteiger partial charge in [0.05, 0.1) is 36.8 Å². The van der Waals surface area contributed by atoms with Gasteiger partial charge in [-0.2, -0.15) is 0 Å². The maximum Gasteiger partial charge on any atom is 0.247 e. The molecule has 2 aromatic carbocycles. The van der Waals surface area contributed by atoms with Crippen LogP contribution in [0.4, 0.5) is 37.5 Å². The Kier molecular flexibility index (Phi) is 9.61. The summed E-state index contributed by atoms with van der Waals surface area (Å²) in [5.74, 6) is -0.200. The number of aromatic nitrogens is 2. The molecule has 11 nitrogen and oxygen atoms in total. The highest BCUT2D eigenvalue weighted by Gasteiger charge is 2.31. The van der Waals surface area contributed by atoms with Crippen LogP contribution in [0.25, 0.3) is 0 Å². The number of ether oxygens (including phenoxy) is 1. The van der Waals surface area contributed by atoms with E-state index in [9.17, 15) is 13.6 Å². The molecule has 3 fully saturated rings. The highest BCUT2D eigenvalue weighted by molar-refractivity contribution is 6.02. The number of hydrogen-bond acceptors (Lipinski definition) is 10. The van der Waals surface area contributed by atoms with E-state index >= 15 is 0 Å². The molecule has 3 saturated heterocycles. The second-order valence-electron chi connectivity index (χ2n) is 11.9. The Hall–Kier alpha value is -4.33. The lowest BCUT2D eigenvalue weighted by Crippen LogP contribution is -2.52. The predicted octanol–water partition coefficient (Wildman–Crippen LogP) is 4.73. The van der Waals surface area contributed by atoms with Gasteiger partial charge in [-0.25, -0.2) is 23.8 Å². The van der Waals surface area contributed by atoms with E-state index in [1.807, 2.05) is 12.1 Å². The van der Waals surface area contributed by atoms with Crippen molar-refractivity contribution >= 4 is 34.6 Å². The topological polar surface area (TPSA) is 98.3 Å². The van der Waals surface area contributed by atoms with Gasteiger partial charge in [0, 0.05) is 69.9 Å². The molecule has 0 spiro atoms. The van der Waals surface area contributed by atoms with Crippen molar-refractivity contribution in [2.75, 3.05) is 80.6 Å². The summed E-state index contributed by atoms with van der Waals surface area (Å²) >= 11 is 0. The first-order valence-electron chi connectivity index (χ1n) is 15.6. The fraction of sp³-hybridized carbons (Fsp3) is 0.424. The molecule has 1 unspecified atom stereocenters. The number of benzene rings is 2. The minimum atomic E-state index is -0.652. The minimum absolute atomic E-state index is 0.319. The van der Waals surface area contributed by atoms with E-state index in [1.54, 1.807) is 18.2 Å². The van der Waals surface area contributed by atoms with Crippen molar-refractivity contribution in [1.29, 1.82) is 0 Å². The predicted molar refractivity (Wildman–Crippen MR) is 174 cm³/mol. The van der Waals surface area contributed by atoms with Crippen LogP contribution in [0.2, 0.25) is 0 Å². The summed E-state index contributed by atoms with van der Waals surface area (Å²) in [7, 11) is 3.77. The van der Waals surface area contributed by atoms with Crippen LogP contribution in [0.3, 0.4) is 0 Å². The molecular weight excluding hydrogens is 594 g/mol. The quantitative estimate of drug-likeness (QED) is 0.322. The van der Waals surface area contributed by atoms with Crippen LogP contribution in [0.15, 0.2) is 55.4 Å². The summed E-state index contributed by atoms with van der Waals surface area (Å²) < 4.78 is 33.8. The van der Waals surface area contributed by atoms with Gasteiger partial charge in [-0.15, -0.1) is 0 Å². The average Bonchev–Trinajstić information content (AvgIpc) is 3.56. The van der Waals surface area contributed by atoms with Gasteiger partial charge < -0.3 is 25.2 Å². The SMILES string of the molecule is C=CC(=O)Nc1cc(Nc2cc(N3OCCC3c3cc(F)cc(F)c3)ncn2)c(OC)cc1N1CCC(N2CCN(C)CC2)CC1. The number of rotatable bonds is 9. The largest absolute Gasteiger partial charge is 0.494 e. The molecule has 1 atom stereocenters. The number of halogens is 2. The zero-order valence-electron chi connectivity index (χ0n) is 26.2. The smallest absolute Gasteiger partial charge is 0.247 e. The normalized spacial score (nSPS) is 19.7. The number of nitrogens with zero attached hydrogens (tertiary/aromatic N) is 6. The molecule has 0 bridgehead atoms. The third-order valence-electron chi connectivity index (χ3n) is 8.94. The van der Waals surface area contributed by atoms with Gasteiger partial charge in [0.25, 0.3) is 0 Å². The number of anilines is 5. The lowest BCUT2D eigenvalue weighted by molar-refractivity contribution is -0.111. The summed E-state index contributed by atoms with van der Waals surface area (Å²) in [5, 5.41) is 7.81. The Bertz CT molecular complexity index is 1540. The Morgan fingerprint density at radius 3 is 2.41 bits per heavy atom. The van der Waals surface area contributed by atoms with E-state index in [4.69, 9.17) is 9.57 Å². The number of piperazine rings is 1. The van der Waals surface area contributed by atoms with Crippen LogP contribution >= 0.6 is 0 Å². The Morgan fingerprint density at radius 2 is 1.72 bits per heavy atom. The van der Waals surface area contributed by atoms with Crippen molar-refractivity contribution in [3.8, 4) is 5.75 Å². The maximum atomic E-state index is 14.0. The van der Waals surface area contributed by atoms with Gasteiger partial charge in [0.1, 0.15) is 29.5 Å². The molecule has 1 amide bonds. The third-order valence-corrected chi connectivity index (χ3v) is 8.94. The number of likely N-dealkylation sites (N-methyl/N-ethyl adjacent to an activating group) is 1. The standard InChI is InChI=1S/C33H40F2N8O3/c1-4-33(44)39-26-18-27(30(45-3)19-29(26)42-8-5-25(6-9-42)41-12-10-40(2)11-13-41)38-31-20-32(37-21-36-31)43-28(7-14-46-43)22-15-23(34)17-24(35)16-22/h4,15-21,25,28H,1,5-14H2,2-3H3,(H,39,44)(H,36,37,38). The van der Waals surface area contributed by atoms with Crippen molar-refractivity contribution in [3.05, 3.63) is 72.6 Å². The van der Waals surface area contributed by atoms with E-state index in [2.05, 4.69) is 48.9 Å². The number of amides is 1. The van der Waals surface area contributed by atoms with E-state index in [0.29, 0.717) is 53.4 Å². The summed E-state index contributed by atoms with van der Waals surface area (Å²) in [4.78, 5) is 34.3. The number of methoxy groups -OCH3 is 1. The van der Waals surface area contributed by atoms with E-state index < -0.39 is 17.7 Å². The maximum absolute atomic E-state index is 14.0. The zero-order chi connectivity index (χ0) is 32.2. The van der Waals surface area contributed by atoms with Crippen molar-refractivity contribution in [1.82, 2.24) is 19.8 Å². The number of carbonyl (C=O) groups excluding carboxylic acids is 1. The van der Waals surface area contributed by atoms with Gasteiger partial charge in [-0.1, -0.05) is 6.58 Å². The summed E-state index contributed by atoms with van der Waals surface area (Å²) in [5.41, 5.74) is 2.52. The van der Waals surface area contributed by atoms with Crippen molar-refractivity contribution in [2.24, 2.45) is 0 Å². The first-order valence-corrected chi connectivity index (χ1v) is 15.6. The van der Waals surface area contributed by atoms with Gasteiger partial charge in [-0.3, -0.25) is 14.5 Å². The van der Waals surface area contributed by atoms with Crippen LogP contribution in [0.1, 0.15) is 30.9 Å². The van der Waals surface area contributed by atoms with E-state index in [-0.39, 0.29) is 5.91 Å². The highest BCUT2D eigenvalue weighted by Crippen LogP contribution is 2.40. The van der Waals surface area contributed by atoms with Gasteiger partial charge in [0.2, 0.25) is 5.91 Å². The second-order valence-corrected chi connectivity index (χ2v) is 11.9. The average molecular weight is 635 g/mol. The zero-order valence-corrected chi connectivity index (χ0v) is 26.2. The fourth-order valence-electron chi connectivity index (χ4n) is 6.48. The number of piperidine rings is 1. The van der Waals surface area contributed by atoms with Crippen LogP contribution in [-0.4, -0.2) is 91.7 Å². The molecule has 3 aromatic rings. The number of hydrogen-bond donors (Lipinski definition) is 2. The highest BCUT2D eigenvalue weighted by atomic mass is 19.1. The molecule has 244 valence electrons. The third kappa shape index (κ3) is 7.06. The first-order chi connectivity index (χ1) is 22.3. The molecule has 4 heterocycles. The molecule has 1 aromatic heterocycles. The Morgan fingerprint density at radius 1 is 0.978 bits per heavy atom. The van der Waals surface area contributed by atoms with Crippen LogP contribution in [-0.2, 0) is 9.63 Å². The molecule has 13 heteroatoms. The van der Waals surface area contributed by atoms with Gasteiger partial charge in [0.15, 0.2) is 5.82 Å². The van der Waals surface area contributed by atoms with Crippen LogP contribution in [0.5, 0.6) is 5.75 Å². The molecule has 46 heavy (non-hydrogen) atoms. The molecule has 0 saturated carbocycles. The van der Waals surface area contributed by atoms with E-state index in [1.165, 1.54) is 24.5 Å². The van der Waals surface area contributed by atoms with E-state index in [0.717, 1.165) is 63.9 Å². The lowest BCUT2D eigenvalue weighted by Gasteiger charge is -2.43. The monoisotopic (exact) mass is 634 g/mol. The first kappa shape index (κ1) is 31.6. The molecule has 2 N–H and O–H groups in total.